The first-order valence-electron chi connectivity index (χ1n) is 6.48. The van der Waals surface area contributed by atoms with Gasteiger partial charge in [-0.25, -0.2) is 0 Å². The minimum absolute atomic E-state index is 0.431. The summed E-state index contributed by atoms with van der Waals surface area (Å²) in [5.41, 5.74) is 0.546. The van der Waals surface area contributed by atoms with Crippen LogP contribution in [0.15, 0.2) is 30.3 Å². The molecular weight excluding hydrogens is 220 g/mol. The Kier molecular flexibility index (Phi) is 5.40. The molecule has 2 heteroatoms. The Morgan fingerprint density at radius 3 is 2.28 bits per heavy atom. The molecule has 1 aromatic carbocycles. The van der Waals surface area contributed by atoms with Crippen LogP contribution in [0.25, 0.3) is 0 Å². The highest BCUT2D eigenvalue weighted by Crippen LogP contribution is 2.34. The van der Waals surface area contributed by atoms with Gasteiger partial charge in [0.1, 0.15) is 0 Å². The molecule has 0 N–H and O–H groups in total. The monoisotopic (exact) mass is 240 g/mol. The van der Waals surface area contributed by atoms with Crippen LogP contribution in [0.1, 0.15) is 45.1 Å². The highest BCUT2D eigenvalue weighted by Gasteiger charge is 2.31. The molecule has 0 saturated heterocycles. The quantitative estimate of drug-likeness (QED) is 0.748. The molecule has 0 aromatic heterocycles. The van der Waals surface area contributed by atoms with E-state index in [1.165, 1.54) is 0 Å². The number of hydrogen-bond acceptors (Lipinski definition) is 2. The zero-order valence-corrected chi connectivity index (χ0v) is 11.2. The Morgan fingerprint density at radius 2 is 1.78 bits per heavy atom. The summed E-state index contributed by atoms with van der Waals surface area (Å²) in [6.45, 7) is 4.33. The average Bonchev–Trinajstić information content (AvgIpc) is 2.40. The van der Waals surface area contributed by atoms with E-state index < -0.39 is 5.41 Å². The molecule has 2 nitrogen and oxygen atoms in total. The van der Waals surface area contributed by atoms with Crippen molar-refractivity contribution in [2.45, 2.75) is 44.9 Å². The lowest BCUT2D eigenvalue weighted by Crippen LogP contribution is -2.24. The van der Waals surface area contributed by atoms with Gasteiger partial charge >= 0.3 is 0 Å². The fourth-order valence-electron chi connectivity index (χ4n) is 2.15. The molecule has 0 radical (unpaired) electrons. The van der Waals surface area contributed by atoms with Gasteiger partial charge in [-0.15, -0.1) is 0 Å². The minimum Gasteiger partial charge on any atom is -0.198 e. The van der Waals surface area contributed by atoms with Crippen molar-refractivity contribution in [1.82, 2.24) is 0 Å². The minimum atomic E-state index is -0.499. The van der Waals surface area contributed by atoms with E-state index >= 15 is 0 Å². The van der Waals surface area contributed by atoms with E-state index in [1.54, 1.807) is 0 Å². The summed E-state index contributed by atoms with van der Waals surface area (Å²) >= 11 is 0. The normalized spacial score (nSPS) is 13.6. The molecule has 0 fully saturated rings. The Balaban J connectivity index is 2.99. The maximum atomic E-state index is 9.61. The number of hydrogen-bond donors (Lipinski definition) is 0. The second kappa shape index (κ2) is 6.82. The van der Waals surface area contributed by atoms with Gasteiger partial charge in [-0.3, -0.25) is 0 Å². The lowest BCUT2D eigenvalue weighted by atomic mass is 9.73. The van der Waals surface area contributed by atoms with E-state index in [4.69, 9.17) is 5.26 Å². The molecule has 0 aliphatic carbocycles. The molecule has 1 atom stereocenters. The third kappa shape index (κ3) is 3.60. The molecule has 94 valence electrons. The third-order valence-corrected chi connectivity index (χ3v) is 3.35. The zero-order chi connectivity index (χ0) is 13.4. The van der Waals surface area contributed by atoms with Gasteiger partial charge in [-0.05, 0) is 30.7 Å². The van der Waals surface area contributed by atoms with Crippen molar-refractivity contribution in [2.75, 3.05) is 0 Å². The van der Waals surface area contributed by atoms with E-state index in [2.05, 4.69) is 26.0 Å². The van der Waals surface area contributed by atoms with Crippen molar-refractivity contribution in [3.05, 3.63) is 35.9 Å². The molecule has 0 saturated carbocycles. The summed E-state index contributed by atoms with van der Waals surface area (Å²) in [5.74, 6) is 0.573. The average molecular weight is 240 g/mol. The summed E-state index contributed by atoms with van der Waals surface area (Å²) in [4.78, 5) is 0. The molecule has 18 heavy (non-hydrogen) atoms. The van der Waals surface area contributed by atoms with Gasteiger partial charge in [0.25, 0.3) is 0 Å². The van der Waals surface area contributed by atoms with Crippen LogP contribution in [-0.2, 0) is 5.41 Å². The summed E-state index contributed by atoms with van der Waals surface area (Å²) < 4.78 is 0. The van der Waals surface area contributed by atoms with Crippen molar-refractivity contribution < 1.29 is 0 Å². The Bertz CT molecular complexity index is 436. The predicted molar refractivity (Wildman–Crippen MR) is 72.7 cm³/mol. The largest absolute Gasteiger partial charge is 0.198 e. The van der Waals surface area contributed by atoms with Gasteiger partial charge in [-0.1, -0.05) is 44.2 Å². The van der Waals surface area contributed by atoms with Gasteiger partial charge in [0.05, 0.1) is 17.6 Å². The lowest BCUT2D eigenvalue weighted by Gasteiger charge is -2.27. The fourth-order valence-corrected chi connectivity index (χ4v) is 2.15. The molecule has 0 aliphatic heterocycles. The number of nitriles is 2. The van der Waals surface area contributed by atoms with Crippen LogP contribution < -0.4 is 0 Å². The van der Waals surface area contributed by atoms with E-state index in [1.807, 2.05) is 30.3 Å². The first-order valence-corrected chi connectivity index (χ1v) is 6.48. The number of nitrogens with zero attached hydrogens (tertiary/aromatic N) is 2. The fraction of sp³-hybridized carbons (Fsp3) is 0.500. The van der Waals surface area contributed by atoms with Crippen LogP contribution in [-0.4, -0.2) is 0 Å². The predicted octanol–water partition coefficient (Wildman–Crippen LogP) is 4.19. The van der Waals surface area contributed by atoms with Gasteiger partial charge in [0.15, 0.2) is 0 Å². The zero-order valence-electron chi connectivity index (χ0n) is 11.2. The number of rotatable bonds is 6. The smallest absolute Gasteiger partial charge is 0.0832 e. The second-order valence-corrected chi connectivity index (χ2v) is 5.15. The Hall–Kier alpha value is -1.80. The molecule has 0 heterocycles. The van der Waals surface area contributed by atoms with Crippen LogP contribution in [0.3, 0.4) is 0 Å². The van der Waals surface area contributed by atoms with Gasteiger partial charge < -0.3 is 0 Å². The molecule has 0 bridgehead atoms. The van der Waals surface area contributed by atoms with E-state index in [-0.39, 0.29) is 0 Å². The van der Waals surface area contributed by atoms with Gasteiger partial charge in [0, 0.05) is 6.42 Å². The molecule has 1 rings (SSSR count). The summed E-state index contributed by atoms with van der Waals surface area (Å²) in [6, 6.07) is 14.5. The molecule has 0 unspecified atom stereocenters. The highest BCUT2D eigenvalue weighted by molar-refractivity contribution is 5.32. The first kappa shape index (κ1) is 14.3. The highest BCUT2D eigenvalue weighted by atomic mass is 14.4. The molecular formula is C16H20N2. The SMILES string of the molecule is CC(C)CC[C@](C#N)(CCC#N)c1ccccc1. The van der Waals surface area contributed by atoms with E-state index in [0.717, 1.165) is 18.4 Å². The van der Waals surface area contributed by atoms with Crippen LogP contribution >= 0.6 is 0 Å². The lowest BCUT2D eigenvalue weighted by molar-refractivity contribution is 0.412. The molecule has 0 aliphatic rings. The maximum absolute atomic E-state index is 9.61. The Morgan fingerprint density at radius 1 is 1.11 bits per heavy atom. The second-order valence-electron chi connectivity index (χ2n) is 5.15. The molecule has 0 amide bonds. The van der Waals surface area contributed by atoms with Crippen LogP contribution in [0.4, 0.5) is 0 Å². The molecule has 1 aromatic rings. The van der Waals surface area contributed by atoms with E-state index in [9.17, 15) is 5.26 Å². The summed E-state index contributed by atoms with van der Waals surface area (Å²) in [7, 11) is 0. The van der Waals surface area contributed by atoms with Crippen LogP contribution in [0.5, 0.6) is 0 Å². The Labute approximate surface area is 110 Å². The van der Waals surface area contributed by atoms with Crippen molar-refractivity contribution in [2.24, 2.45) is 5.92 Å². The van der Waals surface area contributed by atoms with Crippen molar-refractivity contribution in [3.8, 4) is 12.1 Å². The number of benzene rings is 1. The van der Waals surface area contributed by atoms with Crippen LogP contribution in [0, 0.1) is 28.6 Å². The third-order valence-electron chi connectivity index (χ3n) is 3.35. The molecule has 0 spiro atoms. The first-order chi connectivity index (χ1) is 8.64. The van der Waals surface area contributed by atoms with E-state index in [0.29, 0.717) is 18.8 Å². The standard InChI is InChI=1S/C16H20N2/c1-14(2)9-11-16(13-18,10-6-12-17)15-7-4-3-5-8-15/h3-5,7-8,14H,6,9-11H2,1-2H3/t16-/m0/s1. The maximum Gasteiger partial charge on any atom is 0.0832 e. The van der Waals surface area contributed by atoms with Crippen LogP contribution in [0.2, 0.25) is 0 Å². The van der Waals surface area contributed by atoms with Crippen molar-refractivity contribution in [3.63, 3.8) is 0 Å². The summed E-state index contributed by atoms with van der Waals surface area (Å²) in [5, 5.41) is 18.4. The summed E-state index contributed by atoms with van der Waals surface area (Å²) in [6.07, 6.45) is 2.89. The van der Waals surface area contributed by atoms with Gasteiger partial charge in [0.2, 0.25) is 0 Å². The van der Waals surface area contributed by atoms with Crippen molar-refractivity contribution >= 4 is 0 Å². The van der Waals surface area contributed by atoms with Gasteiger partial charge in [-0.2, -0.15) is 10.5 Å². The van der Waals surface area contributed by atoms with Crippen molar-refractivity contribution in [1.29, 1.82) is 10.5 Å². The topological polar surface area (TPSA) is 47.6 Å².